The highest BCUT2D eigenvalue weighted by molar-refractivity contribution is 5.49. The van der Waals surface area contributed by atoms with E-state index in [0.29, 0.717) is 6.54 Å². The van der Waals surface area contributed by atoms with E-state index >= 15 is 0 Å². The second-order valence-electron chi connectivity index (χ2n) is 4.26. The minimum atomic E-state index is 0.563. The summed E-state index contributed by atoms with van der Waals surface area (Å²) in [5, 5.41) is 0. The molecule has 1 heterocycles. The van der Waals surface area contributed by atoms with Crippen LogP contribution < -0.4 is 10.6 Å². The van der Waals surface area contributed by atoms with Crippen LogP contribution in [-0.4, -0.2) is 18.6 Å². The van der Waals surface area contributed by atoms with Crippen molar-refractivity contribution in [3.8, 4) is 0 Å². The zero-order valence-electron chi connectivity index (χ0n) is 10.7. The zero-order valence-corrected chi connectivity index (χ0v) is 10.7. The summed E-state index contributed by atoms with van der Waals surface area (Å²) < 4.78 is 0. The molecular weight excluding hydrogens is 198 g/mol. The van der Waals surface area contributed by atoms with Crippen molar-refractivity contribution >= 4 is 5.82 Å². The van der Waals surface area contributed by atoms with Crippen molar-refractivity contribution in [3.63, 3.8) is 0 Å². The fourth-order valence-electron chi connectivity index (χ4n) is 1.86. The van der Waals surface area contributed by atoms with Crippen LogP contribution in [0.1, 0.15) is 37.3 Å². The van der Waals surface area contributed by atoms with E-state index in [1.54, 1.807) is 0 Å². The third-order valence-electron chi connectivity index (χ3n) is 2.93. The van der Waals surface area contributed by atoms with Crippen LogP contribution in [0.15, 0.2) is 12.3 Å². The van der Waals surface area contributed by atoms with E-state index in [4.69, 9.17) is 5.73 Å². The van der Waals surface area contributed by atoms with E-state index in [1.165, 1.54) is 30.4 Å². The number of pyridine rings is 1. The molecule has 90 valence electrons. The van der Waals surface area contributed by atoms with Crippen molar-refractivity contribution in [3.05, 3.63) is 23.4 Å². The molecule has 0 aliphatic heterocycles. The van der Waals surface area contributed by atoms with Crippen molar-refractivity contribution < 1.29 is 0 Å². The minimum Gasteiger partial charge on any atom is -0.359 e. The van der Waals surface area contributed by atoms with Crippen molar-refractivity contribution in [2.75, 3.05) is 18.5 Å². The average molecular weight is 221 g/mol. The van der Waals surface area contributed by atoms with Gasteiger partial charge in [-0.2, -0.15) is 0 Å². The lowest BCUT2D eigenvalue weighted by molar-refractivity contribution is 0.699. The maximum Gasteiger partial charge on any atom is 0.133 e. The standard InChI is InChI=1S/C13H23N3/c1-4-5-6-9-16(3)13-12(10-14)11(2)7-8-15-13/h7-8H,4-6,9-10,14H2,1-3H3. The topological polar surface area (TPSA) is 42.2 Å². The Kier molecular flexibility index (Phi) is 5.26. The molecule has 16 heavy (non-hydrogen) atoms. The van der Waals surface area contributed by atoms with Crippen LogP contribution in [0, 0.1) is 6.92 Å². The molecule has 0 saturated heterocycles. The molecule has 0 aliphatic carbocycles. The fourth-order valence-corrected chi connectivity index (χ4v) is 1.86. The fraction of sp³-hybridized carbons (Fsp3) is 0.615. The first-order valence-electron chi connectivity index (χ1n) is 6.06. The van der Waals surface area contributed by atoms with E-state index in [9.17, 15) is 0 Å². The van der Waals surface area contributed by atoms with Crippen LogP contribution in [0.2, 0.25) is 0 Å². The van der Waals surface area contributed by atoms with Gasteiger partial charge in [-0.25, -0.2) is 4.98 Å². The van der Waals surface area contributed by atoms with Gasteiger partial charge in [-0.3, -0.25) is 0 Å². The third kappa shape index (κ3) is 3.20. The van der Waals surface area contributed by atoms with Crippen molar-refractivity contribution in [2.45, 2.75) is 39.7 Å². The minimum absolute atomic E-state index is 0.563. The van der Waals surface area contributed by atoms with E-state index < -0.39 is 0 Å². The van der Waals surface area contributed by atoms with Gasteiger partial charge in [0.05, 0.1) is 0 Å². The normalized spacial score (nSPS) is 10.5. The largest absolute Gasteiger partial charge is 0.359 e. The molecule has 3 nitrogen and oxygen atoms in total. The molecule has 0 unspecified atom stereocenters. The van der Waals surface area contributed by atoms with Gasteiger partial charge >= 0.3 is 0 Å². The Morgan fingerprint density at radius 1 is 1.38 bits per heavy atom. The molecule has 0 spiro atoms. The highest BCUT2D eigenvalue weighted by atomic mass is 15.2. The van der Waals surface area contributed by atoms with Crippen LogP contribution in [0.25, 0.3) is 0 Å². The lowest BCUT2D eigenvalue weighted by Gasteiger charge is -2.21. The Morgan fingerprint density at radius 3 is 2.75 bits per heavy atom. The first-order valence-corrected chi connectivity index (χ1v) is 6.06. The van der Waals surface area contributed by atoms with E-state index in [2.05, 4.69) is 30.8 Å². The maximum absolute atomic E-state index is 5.78. The van der Waals surface area contributed by atoms with Crippen molar-refractivity contribution in [1.82, 2.24) is 4.98 Å². The van der Waals surface area contributed by atoms with Crippen LogP contribution in [-0.2, 0) is 6.54 Å². The number of nitrogens with zero attached hydrogens (tertiary/aromatic N) is 2. The van der Waals surface area contributed by atoms with Gasteiger partial charge in [-0.05, 0) is 25.0 Å². The summed E-state index contributed by atoms with van der Waals surface area (Å²) in [4.78, 5) is 6.65. The molecule has 1 aromatic rings. The Labute approximate surface area is 98.7 Å². The Morgan fingerprint density at radius 2 is 2.12 bits per heavy atom. The van der Waals surface area contributed by atoms with E-state index in [-0.39, 0.29) is 0 Å². The predicted octanol–water partition coefficient (Wildman–Crippen LogP) is 2.48. The average Bonchev–Trinajstić information content (AvgIpc) is 2.29. The number of nitrogens with two attached hydrogens (primary N) is 1. The second kappa shape index (κ2) is 6.48. The zero-order chi connectivity index (χ0) is 12.0. The first-order chi connectivity index (χ1) is 7.70. The molecule has 0 aliphatic rings. The predicted molar refractivity (Wildman–Crippen MR) is 69.7 cm³/mol. The molecule has 2 N–H and O–H groups in total. The van der Waals surface area contributed by atoms with Gasteiger partial charge in [0.15, 0.2) is 0 Å². The number of aromatic nitrogens is 1. The molecule has 0 fully saturated rings. The summed E-state index contributed by atoms with van der Waals surface area (Å²) in [7, 11) is 2.09. The summed E-state index contributed by atoms with van der Waals surface area (Å²) in [6.45, 7) is 5.92. The molecule has 0 aromatic carbocycles. The number of hydrogen-bond donors (Lipinski definition) is 1. The summed E-state index contributed by atoms with van der Waals surface area (Å²) in [6, 6.07) is 2.02. The van der Waals surface area contributed by atoms with Gasteiger partial charge in [0.25, 0.3) is 0 Å². The quantitative estimate of drug-likeness (QED) is 0.750. The lowest BCUT2D eigenvalue weighted by atomic mass is 10.1. The summed E-state index contributed by atoms with van der Waals surface area (Å²) in [5.41, 5.74) is 8.18. The molecule has 3 heteroatoms. The van der Waals surface area contributed by atoms with Gasteiger partial charge in [0.1, 0.15) is 5.82 Å². The van der Waals surface area contributed by atoms with Gasteiger partial charge in [-0.1, -0.05) is 19.8 Å². The molecule has 0 saturated carbocycles. The number of unbranched alkanes of at least 4 members (excludes halogenated alkanes) is 2. The second-order valence-corrected chi connectivity index (χ2v) is 4.26. The Balaban J connectivity index is 2.74. The maximum atomic E-state index is 5.78. The molecule has 0 bridgehead atoms. The van der Waals surface area contributed by atoms with Crippen LogP contribution >= 0.6 is 0 Å². The summed E-state index contributed by atoms with van der Waals surface area (Å²) in [5.74, 6) is 1.04. The van der Waals surface area contributed by atoms with Crippen LogP contribution in [0.4, 0.5) is 5.82 Å². The monoisotopic (exact) mass is 221 g/mol. The number of hydrogen-bond acceptors (Lipinski definition) is 3. The van der Waals surface area contributed by atoms with Crippen LogP contribution in [0.3, 0.4) is 0 Å². The number of rotatable bonds is 6. The van der Waals surface area contributed by atoms with Crippen LogP contribution in [0.5, 0.6) is 0 Å². The molecule has 0 radical (unpaired) electrons. The SMILES string of the molecule is CCCCCN(C)c1nccc(C)c1CN. The third-order valence-corrected chi connectivity index (χ3v) is 2.93. The number of aryl methyl sites for hydroxylation is 1. The highest BCUT2D eigenvalue weighted by Crippen LogP contribution is 2.19. The Hall–Kier alpha value is -1.09. The van der Waals surface area contributed by atoms with Crippen molar-refractivity contribution in [2.24, 2.45) is 5.73 Å². The lowest BCUT2D eigenvalue weighted by Crippen LogP contribution is -2.22. The summed E-state index contributed by atoms with van der Waals surface area (Å²) >= 11 is 0. The van der Waals surface area contributed by atoms with E-state index in [0.717, 1.165) is 12.4 Å². The van der Waals surface area contributed by atoms with Gasteiger partial charge in [0, 0.05) is 31.9 Å². The molecule has 1 rings (SSSR count). The van der Waals surface area contributed by atoms with Gasteiger partial charge in [0.2, 0.25) is 0 Å². The molecule has 1 aromatic heterocycles. The first kappa shape index (κ1) is 13.0. The highest BCUT2D eigenvalue weighted by Gasteiger charge is 2.09. The van der Waals surface area contributed by atoms with Gasteiger partial charge in [-0.15, -0.1) is 0 Å². The van der Waals surface area contributed by atoms with E-state index in [1.807, 2.05) is 12.3 Å². The molecular formula is C13H23N3. The van der Waals surface area contributed by atoms with Crippen molar-refractivity contribution in [1.29, 1.82) is 0 Å². The smallest absolute Gasteiger partial charge is 0.133 e. The summed E-state index contributed by atoms with van der Waals surface area (Å²) in [6.07, 6.45) is 5.60. The Bertz CT molecular complexity index is 323. The number of anilines is 1. The van der Waals surface area contributed by atoms with Gasteiger partial charge < -0.3 is 10.6 Å². The molecule has 0 amide bonds. The molecule has 0 atom stereocenters.